The van der Waals surface area contributed by atoms with Crippen LogP contribution >= 0.6 is 11.6 Å². The highest BCUT2D eigenvalue weighted by Gasteiger charge is 2.24. The molecule has 0 atom stereocenters. The third kappa shape index (κ3) is 3.14. The van der Waals surface area contributed by atoms with Gasteiger partial charge in [0.1, 0.15) is 0 Å². The average Bonchev–Trinajstić information content (AvgIpc) is 2.94. The summed E-state index contributed by atoms with van der Waals surface area (Å²) in [5, 5.41) is 0.709. The van der Waals surface area contributed by atoms with Crippen LogP contribution in [0.5, 0.6) is 0 Å². The Hall–Kier alpha value is -2.32. The fraction of sp³-hybridized carbons (Fsp3) is 0.227. The Morgan fingerprint density at radius 3 is 2.20 bits per heavy atom. The van der Waals surface area contributed by atoms with Gasteiger partial charge in [-0.15, -0.1) is 0 Å². The van der Waals surface area contributed by atoms with E-state index in [4.69, 9.17) is 11.6 Å². The first-order valence-electron chi connectivity index (χ1n) is 8.67. The number of benzene rings is 2. The molecule has 0 radical (unpaired) electrons. The lowest BCUT2D eigenvalue weighted by Crippen LogP contribution is -2.03. The fourth-order valence-electron chi connectivity index (χ4n) is 3.45. The van der Waals surface area contributed by atoms with E-state index in [0.717, 1.165) is 40.2 Å². The van der Waals surface area contributed by atoms with Gasteiger partial charge in [-0.25, -0.2) is 0 Å². The maximum atomic E-state index is 12.7. The number of Topliss-reactive ketones (excluding diaryl/α,β-unsaturated/α-hetero) is 1. The maximum absolute atomic E-state index is 12.7. The van der Waals surface area contributed by atoms with Gasteiger partial charge in [-0.3, -0.25) is 4.79 Å². The Morgan fingerprint density at radius 1 is 1.00 bits per heavy atom. The standard InChI is InChI=1S/C22H22ClNO/c1-4-19-21(20(25)5-2)15(3)24(18-9-7-6-8-10-18)22(19)16-11-13-17(23)14-12-16/h6-14H,4-5H2,1-3H3. The molecule has 0 unspecified atom stereocenters. The number of nitrogens with zero attached hydrogens (tertiary/aromatic N) is 1. The number of para-hydroxylation sites is 1. The van der Waals surface area contributed by atoms with E-state index >= 15 is 0 Å². The molecule has 2 aromatic carbocycles. The van der Waals surface area contributed by atoms with Crippen molar-refractivity contribution in [2.75, 3.05) is 0 Å². The first-order chi connectivity index (χ1) is 12.1. The fourth-order valence-corrected chi connectivity index (χ4v) is 3.58. The minimum absolute atomic E-state index is 0.194. The van der Waals surface area contributed by atoms with Crippen molar-refractivity contribution in [3.8, 4) is 16.9 Å². The Morgan fingerprint density at radius 2 is 1.64 bits per heavy atom. The number of carbonyl (C=O) groups excluding carboxylic acids is 1. The first kappa shape index (κ1) is 17.5. The van der Waals surface area contributed by atoms with Gasteiger partial charge in [0.25, 0.3) is 0 Å². The third-order valence-corrected chi connectivity index (χ3v) is 4.85. The minimum atomic E-state index is 0.194. The molecular weight excluding hydrogens is 330 g/mol. The number of ketones is 1. The van der Waals surface area contributed by atoms with E-state index in [1.807, 2.05) is 56.3 Å². The molecule has 0 aliphatic rings. The molecule has 0 saturated heterocycles. The summed E-state index contributed by atoms with van der Waals surface area (Å²) < 4.78 is 2.20. The second kappa shape index (κ2) is 7.28. The molecule has 0 aliphatic heterocycles. The molecule has 128 valence electrons. The molecule has 0 aliphatic carbocycles. The summed E-state index contributed by atoms with van der Waals surface area (Å²) >= 11 is 6.08. The highest BCUT2D eigenvalue weighted by Crippen LogP contribution is 2.36. The van der Waals surface area contributed by atoms with Crippen LogP contribution < -0.4 is 0 Å². The van der Waals surface area contributed by atoms with Gasteiger partial charge in [-0.05, 0) is 48.7 Å². The van der Waals surface area contributed by atoms with Crippen molar-refractivity contribution >= 4 is 17.4 Å². The summed E-state index contributed by atoms with van der Waals surface area (Å²) in [4.78, 5) is 12.7. The zero-order valence-electron chi connectivity index (χ0n) is 14.8. The van der Waals surface area contributed by atoms with Crippen LogP contribution in [-0.4, -0.2) is 10.4 Å². The second-order valence-electron chi connectivity index (χ2n) is 6.10. The van der Waals surface area contributed by atoms with Gasteiger partial charge in [-0.1, -0.05) is 55.8 Å². The Kier molecular flexibility index (Phi) is 5.10. The Bertz CT molecular complexity index is 892. The number of hydrogen-bond donors (Lipinski definition) is 0. The molecule has 3 heteroatoms. The van der Waals surface area contributed by atoms with E-state index in [-0.39, 0.29) is 5.78 Å². The zero-order chi connectivity index (χ0) is 18.0. The molecule has 25 heavy (non-hydrogen) atoms. The van der Waals surface area contributed by atoms with Crippen LogP contribution in [0.3, 0.4) is 0 Å². The summed E-state index contributed by atoms with van der Waals surface area (Å²) in [7, 11) is 0. The maximum Gasteiger partial charge on any atom is 0.164 e. The number of rotatable bonds is 5. The lowest BCUT2D eigenvalue weighted by molar-refractivity contribution is 0.0987. The van der Waals surface area contributed by atoms with Gasteiger partial charge in [0.15, 0.2) is 5.78 Å². The van der Waals surface area contributed by atoms with Gasteiger partial charge < -0.3 is 4.57 Å². The molecule has 3 rings (SSSR count). The van der Waals surface area contributed by atoms with E-state index in [1.165, 1.54) is 0 Å². The van der Waals surface area contributed by atoms with Crippen LogP contribution in [0.4, 0.5) is 0 Å². The minimum Gasteiger partial charge on any atom is -0.313 e. The van der Waals surface area contributed by atoms with Crippen molar-refractivity contribution in [2.45, 2.75) is 33.6 Å². The SMILES string of the molecule is CCC(=O)c1c(CC)c(-c2ccc(Cl)cc2)n(-c2ccccc2)c1C. The lowest BCUT2D eigenvalue weighted by atomic mass is 9.98. The Balaban J connectivity index is 2.38. The van der Waals surface area contributed by atoms with Crippen molar-refractivity contribution < 1.29 is 4.79 Å². The van der Waals surface area contributed by atoms with Crippen LogP contribution in [0.2, 0.25) is 5.02 Å². The molecule has 0 bridgehead atoms. The van der Waals surface area contributed by atoms with E-state index < -0.39 is 0 Å². The normalized spacial score (nSPS) is 10.9. The molecule has 0 amide bonds. The number of carbonyl (C=O) groups is 1. The van der Waals surface area contributed by atoms with Gasteiger partial charge in [0.05, 0.1) is 5.69 Å². The van der Waals surface area contributed by atoms with Gasteiger partial charge in [-0.2, -0.15) is 0 Å². The number of aromatic nitrogens is 1. The molecule has 1 aromatic heterocycles. The summed E-state index contributed by atoms with van der Waals surface area (Å²) in [5.74, 6) is 0.194. The van der Waals surface area contributed by atoms with Gasteiger partial charge >= 0.3 is 0 Å². The monoisotopic (exact) mass is 351 g/mol. The summed E-state index contributed by atoms with van der Waals surface area (Å²) in [6.45, 7) is 6.06. The van der Waals surface area contributed by atoms with Crippen LogP contribution in [0, 0.1) is 6.92 Å². The molecule has 3 aromatic rings. The van der Waals surface area contributed by atoms with E-state index in [2.05, 4.69) is 23.6 Å². The predicted octanol–water partition coefficient (Wildman–Crippen LogP) is 6.26. The van der Waals surface area contributed by atoms with Crippen LogP contribution in [-0.2, 0) is 6.42 Å². The van der Waals surface area contributed by atoms with E-state index in [0.29, 0.717) is 11.4 Å². The Labute approximate surface area is 154 Å². The van der Waals surface area contributed by atoms with Crippen molar-refractivity contribution in [1.29, 1.82) is 0 Å². The van der Waals surface area contributed by atoms with E-state index in [9.17, 15) is 4.79 Å². The number of hydrogen-bond acceptors (Lipinski definition) is 1. The summed E-state index contributed by atoms with van der Waals surface area (Å²) in [6, 6.07) is 18.0. The summed E-state index contributed by atoms with van der Waals surface area (Å²) in [6.07, 6.45) is 1.31. The van der Waals surface area contributed by atoms with Crippen molar-refractivity contribution in [2.24, 2.45) is 0 Å². The lowest BCUT2D eigenvalue weighted by Gasteiger charge is -2.13. The first-order valence-corrected chi connectivity index (χ1v) is 9.05. The topological polar surface area (TPSA) is 22.0 Å². The third-order valence-electron chi connectivity index (χ3n) is 4.59. The van der Waals surface area contributed by atoms with Crippen LogP contribution in [0.1, 0.15) is 41.9 Å². The highest BCUT2D eigenvalue weighted by atomic mass is 35.5. The van der Waals surface area contributed by atoms with Crippen molar-refractivity contribution in [3.63, 3.8) is 0 Å². The zero-order valence-corrected chi connectivity index (χ0v) is 15.6. The smallest absolute Gasteiger partial charge is 0.164 e. The van der Waals surface area contributed by atoms with Gasteiger partial charge in [0, 0.05) is 28.4 Å². The van der Waals surface area contributed by atoms with Crippen LogP contribution in [0.15, 0.2) is 54.6 Å². The molecule has 0 spiro atoms. The molecule has 0 N–H and O–H groups in total. The predicted molar refractivity (Wildman–Crippen MR) is 105 cm³/mol. The average molecular weight is 352 g/mol. The number of halogens is 1. The molecule has 0 saturated carbocycles. The van der Waals surface area contributed by atoms with Crippen LogP contribution in [0.25, 0.3) is 16.9 Å². The quantitative estimate of drug-likeness (QED) is 0.497. The second-order valence-corrected chi connectivity index (χ2v) is 6.53. The molecule has 2 nitrogen and oxygen atoms in total. The molecule has 1 heterocycles. The highest BCUT2D eigenvalue weighted by molar-refractivity contribution is 6.30. The van der Waals surface area contributed by atoms with E-state index in [1.54, 1.807) is 0 Å². The largest absolute Gasteiger partial charge is 0.313 e. The van der Waals surface area contributed by atoms with Crippen molar-refractivity contribution in [3.05, 3.63) is 76.4 Å². The van der Waals surface area contributed by atoms with Crippen molar-refractivity contribution in [1.82, 2.24) is 4.57 Å². The molecule has 0 fully saturated rings. The van der Waals surface area contributed by atoms with Gasteiger partial charge in [0.2, 0.25) is 0 Å². The molecular formula is C22H22ClNO. The summed E-state index contributed by atoms with van der Waals surface area (Å²) in [5.41, 5.74) is 6.19.